The second-order valence-electron chi connectivity index (χ2n) is 8.36. The highest BCUT2D eigenvalue weighted by Crippen LogP contribution is 2.53. The molecule has 22 heavy (non-hydrogen) atoms. The van der Waals surface area contributed by atoms with Gasteiger partial charge in [-0.1, -0.05) is 6.42 Å². The van der Waals surface area contributed by atoms with Crippen molar-refractivity contribution in [1.29, 1.82) is 0 Å². The zero-order valence-electron chi connectivity index (χ0n) is 13.3. The van der Waals surface area contributed by atoms with Gasteiger partial charge in [0, 0.05) is 6.04 Å². The summed E-state index contributed by atoms with van der Waals surface area (Å²) in [6, 6.07) is 0.205. The van der Waals surface area contributed by atoms with Crippen LogP contribution in [-0.4, -0.2) is 23.0 Å². The van der Waals surface area contributed by atoms with Crippen LogP contribution in [0, 0.1) is 41.4 Å². The van der Waals surface area contributed by atoms with E-state index in [1.54, 1.807) is 0 Å². The normalized spacial score (nSPS) is 46.9. The molecule has 0 radical (unpaired) electrons. The van der Waals surface area contributed by atoms with Crippen LogP contribution >= 0.6 is 0 Å². The van der Waals surface area contributed by atoms with E-state index in [2.05, 4.69) is 12.2 Å². The van der Waals surface area contributed by atoms with Gasteiger partial charge >= 0.3 is 5.97 Å². The summed E-state index contributed by atoms with van der Waals surface area (Å²) in [6.07, 6.45) is 8.26. The molecule has 2 N–H and O–H groups in total. The van der Waals surface area contributed by atoms with Crippen molar-refractivity contribution in [3.05, 3.63) is 0 Å². The molecular formula is C18H27NO3. The summed E-state index contributed by atoms with van der Waals surface area (Å²) < 4.78 is 0. The van der Waals surface area contributed by atoms with E-state index in [9.17, 15) is 14.7 Å². The smallest absolute Gasteiger partial charge is 0.307 e. The molecule has 0 spiro atoms. The summed E-state index contributed by atoms with van der Waals surface area (Å²) in [5.74, 6) is 1.36. The number of carbonyl (C=O) groups is 2. The summed E-state index contributed by atoms with van der Waals surface area (Å²) in [7, 11) is 0. The lowest BCUT2D eigenvalue weighted by atomic mass is 9.78. The van der Waals surface area contributed by atoms with Crippen molar-refractivity contribution in [3.8, 4) is 0 Å². The number of fused-ring (bicyclic) bond motifs is 4. The summed E-state index contributed by atoms with van der Waals surface area (Å²) in [6.45, 7) is 2.13. The molecule has 4 rings (SSSR count). The molecule has 0 aromatic heterocycles. The molecule has 4 saturated carbocycles. The summed E-state index contributed by atoms with van der Waals surface area (Å²) in [5.41, 5.74) is 0. The molecule has 4 nitrogen and oxygen atoms in total. The Morgan fingerprint density at radius 3 is 2.23 bits per heavy atom. The highest BCUT2D eigenvalue weighted by atomic mass is 16.4. The van der Waals surface area contributed by atoms with E-state index >= 15 is 0 Å². The predicted molar refractivity (Wildman–Crippen MR) is 82.0 cm³/mol. The second-order valence-corrected chi connectivity index (χ2v) is 8.36. The third kappa shape index (κ3) is 2.17. The monoisotopic (exact) mass is 305 g/mol. The van der Waals surface area contributed by atoms with E-state index in [0.29, 0.717) is 11.8 Å². The van der Waals surface area contributed by atoms with Gasteiger partial charge in [0.15, 0.2) is 0 Å². The number of hydrogen-bond donors (Lipinski definition) is 2. The first-order valence-corrected chi connectivity index (χ1v) is 9.07. The topological polar surface area (TPSA) is 66.4 Å². The van der Waals surface area contributed by atoms with Crippen LogP contribution in [0.5, 0.6) is 0 Å². The first-order chi connectivity index (χ1) is 10.5. The molecule has 4 fully saturated rings. The summed E-state index contributed by atoms with van der Waals surface area (Å²) in [5, 5.41) is 12.7. The zero-order chi connectivity index (χ0) is 15.4. The van der Waals surface area contributed by atoms with E-state index in [0.717, 1.165) is 31.1 Å². The van der Waals surface area contributed by atoms with Gasteiger partial charge < -0.3 is 10.4 Å². The molecule has 0 aromatic rings. The van der Waals surface area contributed by atoms with Gasteiger partial charge in [-0.15, -0.1) is 0 Å². The molecule has 4 aliphatic rings. The van der Waals surface area contributed by atoms with Crippen molar-refractivity contribution in [1.82, 2.24) is 5.32 Å². The quantitative estimate of drug-likeness (QED) is 0.839. The average molecular weight is 305 g/mol. The number of rotatable bonds is 4. The van der Waals surface area contributed by atoms with E-state index in [1.165, 1.54) is 25.7 Å². The van der Waals surface area contributed by atoms with Crippen molar-refractivity contribution < 1.29 is 14.7 Å². The van der Waals surface area contributed by atoms with Crippen LogP contribution in [0.2, 0.25) is 0 Å². The molecule has 0 saturated heterocycles. The van der Waals surface area contributed by atoms with E-state index in [-0.39, 0.29) is 23.8 Å². The van der Waals surface area contributed by atoms with Crippen molar-refractivity contribution in [2.75, 3.05) is 0 Å². The Hall–Kier alpha value is -1.06. The molecule has 4 bridgehead atoms. The summed E-state index contributed by atoms with van der Waals surface area (Å²) in [4.78, 5) is 24.3. The van der Waals surface area contributed by atoms with Crippen molar-refractivity contribution in [2.45, 2.75) is 57.9 Å². The van der Waals surface area contributed by atoms with Crippen LogP contribution in [0.25, 0.3) is 0 Å². The SMILES string of the molecule is C[C@H](NC(=O)[C@@H]1[C@H]2CC[C@@H](C2)[C@@H]1C(=O)O)[C@H]1C[C@H]2CC[C@H]1C2. The minimum Gasteiger partial charge on any atom is -0.481 e. The maximum Gasteiger partial charge on any atom is 0.307 e. The predicted octanol–water partition coefficient (Wildman–Crippen LogP) is 2.67. The van der Waals surface area contributed by atoms with Gasteiger partial charge in [-0.05, 0) is 75.0 Å². The van der Waals surface area contributed by atoms with Crippen LogP contribution in [-0.2, 0) is 9.59 Å². The molecule has 0 aromatic carbocycles. The Morgan fingerprint density at radius 1 is 0.955 bits per heavy atom. The molecule has 1 amide bonds. The molecule has 122 valence electrons. The maximum absolute atomic E-state index is 12.7. The Morgan fingerprint density at radius 2 is 1.64 bits per heavy atom. The Kier molecular flexibility index (Phi) is 3.46. The lowest BCUT2D eigenvalue weighted by molar-refractivity contribution is -0.149. The highest BCUT2D eigenvalue weighted by molar-refractivity contribution is 5.86. The van der Waals surface area contributed by atoms with Crippen molar-refractivity contribution >= 4 is 11.9 Å². The standard InChI is InChI=1S/C18H27NO3/c1-9(14-7-10-2-3-11(14)6-10)19-17(20)15-12-4-5-13(8-12)16(15)18(21)22/h9-16H,2-8H2,1H3,(H,19,20)(H,21,22)/t9-,10-,11-,12-,13-,14+,15+,16-/m0/s1. The van der Waals surface area contributed by atoms with E-state index in [4.69, 9.17) is 0 Å². The lowest BCUT2D eigenvalue weighted by Crippen LogP contribution is -2.47. The third-order valence-corrected chi connectivity index (χ3v) is 7.31. The molecule has 4 aliphatic carbocycles. The van der Waals surface area contributed by atoms with Gasteiger partial charge in [-0.25, -0.2) is 0 Å². The van der Waals surface area contributed by atoms with Crippen LogP contribution in [0.3, 0.4) is 0 Å². The van der Waals surface area contributed by atoms with Gasteiger partial charge in [-0.2, -0.15) is 0 Å². The molecule has 0 aliphatic heterocycles. The summed E-state index contributed by atoms with van der Waals surface area (Å²) >= 11 is 0. The van der Waals surface area contributed by atoms with Crippen molar-refractivity contribution in [2.24, 2.45) is 41.4 Å². The first-order valence-electron chi connectivity index (χ1n) is 9.07. The Labute approximate surface area is 132 Å². The number of carboxylic acid groups (broad SMARTS) is 1. The number of nitrogens with one attached hydrogen (secondary N) is 1. The fourth-order valence-electron chi connectivity index (χ4n) is 6.36. The minimum atomic E-state index is -0.764. The number of aliphatic carboxylic acids is 1. The minimum absolute atomic E-state index is 0.0230. The molecule has 0 heterocycles. The zero-order valence-corrected chi connectivity index (χ0v) is 13.3. The third-order valence-electron chi connectivity index (χ3n) is 7.31. The first kappa shape index (κ1) is 14.5. The number of amides is 1. The van der Waals surface area contributed by atoms with Gasteiger partial charge in [0.1, 0.15) is 0 Å². The molecule has 0 unspecified atom stereocenters. The molecule has 8 atom stereocenters. The van der Waals surface area contributed by atoms with Gasteiger partial charge in [0.2, 0.25) is 5.91 Å². The molecule has 4 heteroatoms. The fourth-order valence-corrected chi connectivity index (χ4v) is 6.36. The molecular weight excluding hydrogens is 278 g/mol. The van der Waals surface area contributed by atoms with Crippen LogP contribution in [0.1, 0.15) is 51.9 Å². The number of hydrogen-bond acceptors (Lipinski definition) is 2. The Balaban J connectivity index is 1.42. The van der Waals surface area contributed by atoms with Gasteiger partial charge in [-0.3, -0.25) is 9.59 Å². The van der Waals surface area contributed by atoms with E-state index < -0.39 is 11.9 Å². The van der Waals surface area contributed by atoms with Crippen LogP contribution < -0.4 is 5.32 Å². The second kappa shape index (κ2) is 5.24. The Bertz CT molecular complexity index is 491. The van der Waals surface area contributed by atoms with E-state index in [1.807, 2.05) is 0 Å². The maximum atomic E-state index is 12.7. The number of carboxylic acids is 1. The lowest BCUT2D eigenvalue weighted by Gasteiger charge is -2.32. The van der Waals surface area contributed by atoms with Crippen LogP contribution in [0.4, 0.5) is 0 Å². The largest absolute Gasteiger partial charge is 0.481 e. The van der Waals surface area contributed by atoms with Crippen LogP contribution in [0.15, 0.2) is 0 Å². The van der Waals surface area contributed by atoms with Gasteiger partial charge in [0.05, 0.1) is 11.8 Å². The van der Waals surface area contributed by atoms with Gasteiger partial charge in [0.25, 0.3) is 0 Å². The van der Waals surface area contributed by atoms with Crippen molar-refractivity contribution in [3.63, 3.8) is 0 Å². The highest BCUT2D eigenvalue weighted by Gasteiger charge is 2.54. The average Bonchev–Trinajstić information content (AvgIpc) is 3.24. The fraction of sp³-hybridized carbons (Fsp3) is 0.889. The number of carbonyl (C=O) groups excluding carboxylic acids is 1.